The summed E-state index contributed by atoms with van der Waals surface area (Å²) in [5.41, 5.74) is 0. The normalized spacial score (nSPS) is 21.4. The van der Waals surface area contributed by atoms with Gasteiger partial charge < -0.3 is 4.90 Å². The summed E-state index contributed by atoms with van der Waals surface area (Å²) in [6.45, 7) is 0.0214. The minimum atomic E-state index is -3.09. The third-order valence-electron chi connectivity index (χ3n) is 2.71. The lowest BCUT2D eigenvalue weighted by Crippen LogP contribution is -2.41. The standard InChI is InChI=1S/C9H11N5O3S/c1-2-4-14(7-3-5-18(16,17)6-7)9(15)8-10-12-13-11-8/h1,7H,3-6H2,(H,10,11,12,13). The van der Waals surface area contributed by atoms with E-state index in [-0.39, 0.29) is 23.9 Å². The van der Waals surface area contributed by atoms with E-state index in [0.29, 0.717) is 6.42 Å². The second-order valence-electron chi connectivity index (χ2n) is 3.93. The number of amides is 1. The molecule has 1 amide bonds. The number of hydrogen-bond acceptors (Lipinski definition) is 6. The van der Waals surface area contributed by atoms with Crippen LogP contribution in [0.2, 0.25) is 0 Å². The van der Waals surface area contributed by atoms with Gasteiger partial charge >= 0.3 is 0 Å². The summed E-state index contributed by atoms with van der Waals surface area (Å²) in [7, 11) is -3.09. The molecule has 96 valence electrons. The molecule has 0 saturated carbocycles. The van der Waals surface area contributed by atoms with Crippen LogP contribution < -0.4 is 0 Å². The van der Waals surface area contributed by atoms with Gasteiger partial charge in [0.2, 0.25) is 0 Å². The van der Waals surface area contributed by atoms with Gasteiger partial charge in [0.1, 0.15) is 0 Å². The number of tetrazole rings is 1. The average molecular weight is 269 g/mol. The van der Waals surface area contributed by atoms with Crippen LogP contribution in [0.1, 0.15) is 17.0 Å². The first-order valence-electron chi connectivity index (χ1n) is 5.22. The van der Waals surface area contributed by atoms with Gasteiger partial charge in [-0.25, -0.2) is 8.42 Å². The Kier molecular flexibility index (Phi) is 3.29. The molecule has 2 rings (SSSR count). The van der Waals surface area contributed by atoms with Crippen LogP contribution in [0, 0.1) is 12.3 Å². The van der Waals surface area contributed by atoms with Crippen LogP contribution in [0.4, 0.5) is 0 Å². The summed E-state index contributed by atoms with van der Waals surface area (Å²) < 4.78 is 22.8. The maximum atomic E-state index is 12.0. The molecule has 1 N–H and O–H groups in total. The van der Waals surface area contributed by atoms with Crippen LogP contribution in [-0.4, -0.2) is 63.9 Å². The lowest BCUT2D eigenvalue weighted by atomic mass is 10.2. The van der Waals surface area contributed by atoms with Gasteiger partial charge in [-0.2, -0.15) is 5.21 Å². The fourth-order valence-electron chi connectivity index (χ4n) is 1.87. The smallest absolute Gasteiger partial charge is 0.296 e. The molecule has 0 bridgehead atoms. The average Bonchev–Trinajstić information content (AvgIpc) is 2.94. The molecule has 0 aromatic carbocycles. The molecule has 1 aliphatic heterocycles. The van der Waals surface area contributed by atoms with Gasteiger partial charge in [-0.15, -0.1) is 16.6 Å². The van der Waals surface area contributed by atoms with E-state index in [1.165, 1.54) is 4.90 Å². The lowest BCUT2D eigenvalue weighted by Gasteiger charge is -2.24. The number of carbonyl (C=O) groups excluding carboxylic acids is 1. The van der Waals surface area contributed by atoms with Crippen molar-refractivity contribution in [3.05, 3.63) is 5.82 Å². The summed E-state index contributed by atoms with van der Waals surface area (Å²) in [6.07, 6.45) is 5.58. The van der Waals surface area contributed by atoms with E-state index in [1.807, 2.05) is 0 Å². The predicted molar refractivity (Wildman–Crippen MR) is 61.1 cm³/mol. The molecule has 1 unspecified atom stereocenters. The monoisotopic (exact) mass is 269 g/mol. The highest BCUT2D eigenvalue weighted by Gasteiger charge is 2.35. The number of aromatic amines is 1. The first-order chi connectivity index (χ1) is 8.53. The van der Waals surface area contributed by atoms with Gasteiger partial charge in [-0.05, 0) is 11.6 Å². The van der Waals surface area contributed by atoms with Crippen LogP contribution in [0.5, 0.6) is 0 Å². The highest BCUT2D eigenvalue weighted by molar-refractivity contribution is 7.91. The molecule has 1 fully saturated rings. The Labute approximate surface area is 104 Å². The Morgan fingerprint density at radius 3 is 2.89 bits per heavy atom. The number of terminal acetylenes is 1. The molecule has 1 aromatic heterocycles. The van der Waals surface area contributed by atoms with Crippen molar-refractivity contribution in [1.29, 1.82) is 0 Å². The molecule has 1 aromatic rings. The van der Waals surface area contributed by atoms with Crippen LogP contribution in [0.15, 0.2) is 0 Å². The van der Waals surface area contributed by atoms with E-state index >= 15 is 0 Å². The van der Waals surface area contributed by atoms with Crippen molar-refractivity contribution in [3.63, 3.8) is 0 Å². The Morgan fingerprint density at radius 2 is 2.39 bits per heavy atom. The van der Waals surface area contributed by atoms with Gasteiger partial charge in [-0.3, -0.25) is 4.79 Å². The molecule has 18 heavy (non-hydrogen) atoms. The second kappa shape index (κ2) is 4.73. The van der Waals surface area contributed by atoms with Crippen molar-refractivity contribution in [1.82, 2.24) is 25.5 Å². The number of sulfone groups is 1. The molecule has 9 heteroatoms. The van der Waals surface area contributed by atoms with Crippen LogP contribution in [0.3, 0.4) is 0 Å². The van der Waals surface area contributed by atoms with Gasteiger partial charge in [0, 0.05) is 6.04 Å². The minimum absolute atomic E-state index is 0.0214. The number of hydrogen-bond donors (Lipinski definition) is 1. The summed E-state index contributed by atoms with van der Waals surface area (Å²) in [4.78, 5) is 13.3. The van der Waals surface area contributed by atoms with Crippen molar-refractivity contribution >= 4 is 15.7 Å². The van der Waals surface area contributed by atoms with Gasteiger partial charge in [0.05, 0.1) is 18.1 Å². The van der Waals surface area contributed by atoms with Gasteiger partial charge in [-0.1, -0.05) is 5.92 Å². The molecule has 8 nitrogen and oxygen atoms in total. The third-order valence-corrected chi connectivity index (χ3v) is 4.46. The number of H-pyrrole nitrogens is 1. The number of nitrogens with zero attached hydrogens (tertiary/aromatic N) is 4. The number of carbonyl (C=O) groups is 1. The Balaban J connectivity index is 2.19. The maximum Gasteiger partial charge on any atom is 0.296 e. The van der Waals surface area contributed by atoms with Crippen LogP contribution in [-0.2, 0) is 9.84 Å². The highest BCUT2D eigenvalue weighted by Crippen LogP contribution is 2.18. The molecule has 0 aliphatic carbocycles. The van der Waals surface area contributed by atoms with E-state index in [2.05, 4.69) is 26.5 Å². The van der Waals surface area contributed by atoms with Crippen molar-refractivity contribution in [2.75, 3.05) is 18.1 Å². The molecule has 0 spiro atoms. The van der Waals surface area contributed by atoms with Crippen molar-refractivity contribution in [2.45, 2.75) is 12.5 Å². The Morgan fingerprint density at radius 1 is 1.61 bits per heavy atom. The van der Waals surface area contributed by atoms with Gasteiger partial charge in [0.25, 0.3) is 11.7 Å². The zero-order chi connectivity index (χ0) is 13.2. The highest BCUT2D eigenvalue weighted by atomic mass is 32.2. The molecular weight excluding hydrogens is 258 g/mol. The summed E-state index contributed by atoms with van der Waals surface area (Å²) >= 11 is 0. The minimum Gasteiger partial charge on any atom is -0.321 e. The number of rotatable bonds is 3. The van der Waals surface area contributed by atoms with Crippen molar-refractivity contribution in [3.8, 4) is 12.3 Å². The predicted octanol–water partition coefficient (Wildman–Crippen LogP) is -1.54. The molecule has 1 saturated heterocycles. The topological polar surface area (TPSA) is 109 Å². The quantitative estimate of drug-likeness (QED) is 0.666. The Bertz CT molecular complexity index is 574. The van der Waals surface area contributed by atoms with E-state index in [0.717, 1.165) is 0 Å². The summed E-state index contributed by atoms with van der Waals surface area (Å²) in [5, 5.41) is 12.6. The van der Waals surface area contributed by atoms with Crippen LogP contribution >= 0.6 is 0 Å². The molecule has 1 atom stereocenters. The van der Waals surface area contributed by atoms with E-state index < -0.39 is 21.8 Å². The SMILES string of the molecule is C#CCN(C(=O)c1nn[nH]n1)C1CCS(=O)(=O)C1. The van der Waals surface area contributed by atoms with Crippen molar-refractivity contribution < 1.29 is 13.2 Å². The molecule has 0 radical (unpaired) electrons. The van der Waals surface area contributed by atoms with E-state index in [4.69, 9.17) is 6.42 Å². The summed E-state index contributed by atoms with van der Waals surface area (Å²) in [6, 6.07) is -0.419. The maximum absolute atomic E-state index is 12.0. The molecular formula is C9H11N5O3S. The fourth-order valence-corrected chi connectivity index (χ4v) is 3.60. The lowest BCUT2D eigenvalue weighted by molar-refractivity contribution is 0.0712. The molecule has 1 aliphatic rings. The van der Waals surface area contributed by atoms with E-state index in [1.54, 1.807) is 0 Å². The number of nitrogens with one attached hydrogen (secondary N) is 1. The third kappa shape index (κ3) is 2.48. The second-order valence-corrected chi connectivity index (χ2v) is 6.16. The van der Waals surface area contributed by atoms with E-state index in [9.17, 15) is 13.2 Å². The largest absolute Gasteiger partial charge is 0.321 e. The first-order valence-corrected chi connectivity index (χ1v) is 7.04. The Hall–Kier alpha value is -1.95. The molecule has 2 heterocycles. The van der Waals surface area contributed by atoms with Crippen molar-refractivity contribution in [2.24, 2.45) is 0 Å². The first kappa shape index (κ1) is 12.5. The fraction of sp³-hybridized carbons (Fsp3) is 0.556. The number of aromatic nitrogens is 4. The zero-order valence-electron chi connectivity index (χ0n) is 9.40. The van der Waals surface area contributed by atoms with Gasteiger partial charge in [0.15, 0.2) is 9.84 Å². The van der Waals surface area contributed by atoms with Crippen LogP contribution in [0.25, 0.3) is 0 Å². The zero-order valence-corrected chi connectivity index (χ0v) is 10.2. The summed E-state index contributed by atoms with van der Waals surface area (Å²) in [5.74, 6) is 1.71.